The molecule has 234 valence electrons. The van der Waals surface area contributed by atoms with Crippen molar-refractivity contribution in [2.24, 2.45) is 0 Å². The Morgan fingerprint density at radius 3 is 2.36 bits per heavy atom. The molecule has 0 aliphatic rings. The van der Waals surface area contributed by atoms with E-state index in [0.717, 1.165) is 10.6 Å². The molecule has 1 amide bonds. The minimum absolute atomic E-state index is 0.0640. The largest absolute Gasteiger partial charge is 0.455 e. The highest BCUT2D eigenvalue weighted by molar-refractivity contribution is 7.92. The molecule has 0 radical (unpaired) electrons. The van der Waals surface area contributed by atoms with Crippen LogP contribution in [-0.4, -0.2) is 56.8 Å². The molecule has 2 N–H and O–H groups in total. The third-order valence-electron chi connectivity index (χ3n) is 7.30. The van der Waals surface area contributed by atoms with Gasteiger partial charge in [0.15, 0.2) is 5.78 Å². The van der Waals surface area contributed by atoms with Crippen molar-refractivity contribution in [3.63, 3.8) is 0 Å². The number of anilines is 1. The number of benzene rings is 3. The minimum atomic E-state index is -3.91. The van der Waals surface area contributed by atoms with Gasteiger partial charge in [0, 0.05) is 53.3 Å². The fourth-order valence-corrected chi connectivity index (χ4v) is 6.01. The van der Waals surface area contributed by atoms with Crippen molar-refractivity contribution in [1.29, 1.82) is 0 Å². The highest BCUT2D eigenvalue weighted by Crippen LogP contribution is 2.42. The summed E-state index contributed by atoms with van der Waals surface area (Å²) in [5.41, 5.74) is 1.58. The van der Waals surface area contributed by atoms with Crippen molar-refractivity contribution in [3.8, 4) is 22.5 Å². The number of halogens is 2. The summed E-state index contributed by atoms with van der Waals surface area (Å²) in [6.07, 6.45) is 1.43. The first-order valence-corrected chi connectivity index (χ1v) is 16.1. The Kier molecular flexibility index (Phi) is 9.90. The number of carbonyl (C=O) groups is 2. The van der Waals surface area contributed by atoms with Crippen molar-refractivity contribution in [1.82, 2.24) is 5.32 Å². The molecule has 4 aromatic rings. The van der Waals surface area contributed by atoms with Gasteiger partial charge < -0.3 is 14.8 Å². The number of sulfonamides is 1. The number of fused-ring (bicyclic) bond motifs is 1. The Hall–Kier alpha value is -4.09. The summed E-state index contributed by atoms with van der Waals surface area (Å²) >= 11 is 0. The van der Waals surface area contributed by atoms with Gasteiger partial charge in [-0.25, -0.2) is 12.8 Å². The average Bonchev–Trinajstić information content (AvgIpc) is 3.34. The lowest BCUT2D eigenvalue weighted by molar-refractivity contribution is 0.0898. The van der Waals surface area contributed by atoms with Crippen LogP contribution in [0, 0.1) is 5.82 Å². The maximum atomic E-state index is 13.7. The van der Waals surface area contributed by atoms with Crippen LogP contribution in [0.4, 0.5) is 14.5 Å². The predicted molar refractivity (Wildman–Crippen MR) is 168 cm³/mol. The third kappa shape index (κ3) is 7.16. The van der Waals surface area contributed by atoms with Gasteiger partial charge >= 0.3 is 0 Å². The Morgan fingerprint density at radius 2 is 1.75 bits per heavy atom. The molecule has 0 fully saturated rings. The minimum Gasteiger partial charge on any atom is -0.455 e. The maximum Gasteiger partial charge on any atom is 0.251 e. The van der Waals surface area contributed by atoms with Gasteiger partial charge in [-0.1, -0.05) is 19.1 Å². The molecule has 0 aliphatic carbocycles. The molecular formula is C33H36F2N2O6S. The number of amides is 1. The second-order valence-electron chi connectivity index (χ2n) is 11.2. The van der Waals surface area contributed by atoms with Crippen molar-refractivity contribution in [3.05, 3.63) is 77.6 Å². The predicted octanol–water partition coefficient (Wildman–Crippen LogP) is 6.52. The van der Waals surface area contributed by atoms with E-state index in [4.69, 9.17) is 4.42 Å². The van der Waals surface area contributed by atoms with Gasteiger partial charge in [-0.2, -0.15) is 0 Å². The standard InChI is InChI=1S/C33H36F2N2O6S/c1-5-28(39)30-26-19-25(22-8-6-9-23(18-22)32(40)36-33(2,3)14-17-38)27(37(16-7-15-34)44(4,41)42)20-29(26)43-31(30)21-10-12-24(35)13-11-21/h6,8-13,18-20,38H,5,7,14-17H2,1-4H3,(H,36,40). The number of aliphatic hydroxyl groups excluding tert-OH is 1. The van der Waals surface area contributed by atoms with Gasteiger partial charge in [-0.15, -0.1) is 0 Å². The van der Waals surface area contributed by atoms with Gasteiger partial charge in [0.25, 0.3) is 5.91 Å². The number of Topliss-reactive ketones (excluding diaryl/α,β-unsaturated/α-hetero) is 1. The lowest BCUT2D eigenvalue weighted by Crippen LogP contribution is -2.44. The van der Waals surface area contributed by atoms with E-state index in [-0.39, 0.29) is 54.4 Å². The van der Waals surface area contributed by atoms with Crippen LogP contribution in [0.1, 0.15) is 60.7 Å². The van der Waals surface area contributed by atoms with Crippen LogP contribution < -0.4 is 9.62 Å². The van der Waals surface area contributed by atoms with Gasteiger partial charge in [-0.3, -0.25) is 18.3 Å². The van der Waals surface area contributed by atoms with Crippen LogP contribution in [0.2, 0.25) is 0 Å². The Balaban J connectivity index is 2.00. The first-order chi connectivity index (χ1) is 20.8. The first-order valence-electron chi connectivity index (χ1n) is 14.3. The zero-order valence-corrected chi connectivity index (χ0v) is 25.9. The zero-order chi connectivity index (χ0) is 32.2. The Bertz CT molecular complexity index is 1780. The molecule has 1 aromatic heterocycles. The molecule has 1 heterocycles. The van der Waals surface area contributed by atoms with Gasteiger partial charge in [0.2, 0.25) is 10.0 Å². The quantitative estimate of drug-likeness (QED) is 0.163. The Morgan fingerprint density at radius 1 is 1.05 bits per heavy atom. The van der Waals surface area contributed by atoms with Crippen molar-refractivity contribution in [2.45, 2.75) is 45.6 Å². The van der Waals surface area contributed by atoms with Crippen LogP contribution in [0.3, 0.4) is 0 Å². The van der Waals surface area contributed by atoms with Crippen molar-refractivity contribution in [2.75, 3.05) is 30.4 Å². The number of furan rings is 1. The van der Waals surface area contributed by atoms with E-state index in [1.165, 1.54) is 30.3 Å². The molecule has 0 spiro atoms. The summed E-state index contributed by atoms with van der Waals surface area (Å²) < 4.78 is 60.3. The number of nitrogens with one attached hydrogen (secondary N) is 1. The monoisotopic (exact) mass is 626 g/mol. The molecule has 0 bridgehead atoms. The second kappa shape index (κ2) is 13.3. The van der Waals surface area contributed by atoms with Gasteiger partial charge in [0.1, 0.15) is 17.2 Å². The summed E-state index contributed by atoms with van der Waals surface area (Å²) in [7, 11) is -3.91. The lowest BCUT2D eigenvalue weighted by atomic mass is 9.95. The van der Waals surface area contributed by atoms with Crippen molar-refractivity contribution < 1.29 is 36.3 Å². The molecule has 0 unspecified atom stereocenters. The zero-order valence-electron chi connectivity index (χ0n) is 25.1. The van der Waals surface area contributed by atoms with E-state index in [2.05, 4.69) is 5.32 Å². The van der Waals surface area contributed by atoms with E-state index >= 15 is 0 Å². The maximum absolute atomic E-state index is 13.7. The van der Waals surface area contributed by atoms with Gasteiger partial charge in [-0.05, 0) is 74.7 Å². The molecule has 0 atom stereocenters. The van der Waals surface area contributed by atoms with E-state index in [0.29, 0.717) is 34.1 Å². The van der Waals surface area contributed by atoms with Crippen LogP contribution in [0.25, 0.3) is 33.4 Å². The number of alkyl halides is 1. The summed E-state index contributed by atoms with van der Waals surface area (Å²) in [6, 6.07) is 15.2. The Labute approximate surface area is 255 Å². The van der Waals surface area contributed by atoms with E-state index in [9.17, 15) is 31.9 Å². The molecule has 11 heteroatoms. The number of ketones is 1. The number of rotatable bonds is 13. The van der Waals surface area contributed by atoms with Crippen LogP contribution in [-0.2, 0) is 10.0 Å². The number of carbonyl (C=O) groups excluding carboxylic acids is 2. The average molecular weight is 627 g/mol. The highest BCUT2D eigenvalue weighted by Gasteiger charge is 2.28. The van der Waals surface area contributed by atoms with Crippen LogP contribution in [0.5, 0.6) is 0 Å². The normalized spacial score (nSPS) is 12.0. The molecule has 3 aromatic carbocycles. The SMILES string of the molecule is CCC(=O)c1c(-c2ccc(F)cc2)oc2cc(N(CCCF)S(C)(=O)=O)c(-c3cccc(C(=O)NC(C)(C)CCO)c3)cc12. The molecule has 8 nitrogen and oxygen atoms in total. The fourth-order valence-electron chi connectivity index (χ4n) is 5.05. The summed E-state index contributed by atoms with van der Waals surface area (Å²) in [6.45, 7) is 4.27. The summed E-state index contributed by atoms with van der Waals surface area (Å²) in [5, 5.41) is 12.7. The number of hydrogen-bond acceptors (Lipinski definition) is 6. The summed E-state index contributed by atoms with van der Waals surface area (Å²) in [4.78, 5) is 26.5. The van der Waals surface area contributed by atoms with Crippen molar-refractivity contribution >= 4 is 38.4 Å². The third-order valence-corrected chi connectivity index (χ3v) is 8.48. The van der Waals surface area contributed by atoms with Crippen LogP contribution >= 0.6 is 0 Å². The molecule has 0 saturated carbocycles. The number of hydrogen-bond donors (Lipinski definition) is 2. The first kappa shape index (κ1) is 32.8. The summed E-state index contributed by atoms with van der Waals surface area (Å²) in [5.74, 6) is -0.880. The highest BCUT2D eigenvalue weighted by atomic mass is 32.2. The molecule has 4 rings (SSSR count). The topological polar surface area (TPSA) is 117 Å². The molecule has 44 heavy (non-hydrogen) atoms. The smallest absolute Gasteiger partial charge is 0.251 e. The number of aliphatic hydroxyl groups is 1. The molecular weight excluding hydrogens is 590 g/mol. The fraction of sp³-hybridized carbons (Fsp3) is 0.333. The van der Waals surface area contributed by atoms with E-state index in [1.807, 2.05) is 0 Å². The molecule has 0 saturated heterocycles. The van der Waals surface area contributed by atoms with Crippen LogP contribution in [0.15, 0.2) is 65.1 Å². The molecule has 0 aliphatic heterocycles. The van der Waals surface area contributed by atoms with Gasteiger partial charge in [0.05, 0.1) is 24.2 Å². The van der Waals surface area contributed by atoms with E-state index in [1.54, 1.807) is 51.1 Å². The van der Waals surface area contributed by atoms with E-state index < -0.39 is 34.0 Å². The second-order valence-corrected chi connectivity index (χ2v) is 13.1. The number of nitrogens with zero attached hydrogens (tertiary/aromatic N) is 1. The lowest BCUT2D eigenvalue weighted by Gasteiger charge is -2.26.